The summed E-state index contributed by atoms with van der Waals surface area (Å²) in [6.45, 7) is 5.18. The molecule has 9 heteroatoms. The lowest BCUT2D eigenvalue weighted by molar-refractivity contribution is 0.0701. The van der Waals surface area contributed by atoms with E-state index in [1.165, 1.54) is 17.7 Å². The number of carbonyl (C=O) groups excluding carboxylic acids is 1. The third kappa shape index (κ3) is 4.97. The maximum atomic E-state index is 13.6. The second kappa shape index (κ2) is 9.81. The molecule has 0 fully saturated rings. The fraction of sp³-hybridized carbons (Fsp3) is 0.233. The number of sulfonamides is 1. The van der Waals surface area contributed by atoms with Gasteiger partial charge in [0.15, 0.2) is 0 Å². The lowest BCUT2D eigenvalue weighted by Crippen LogP contribution is -2.36. The standard InChI is InChI=1S/C30H28N4O4S.H2/c1-19-7-5-8-20(2)28(19)26-15-27-32-30(31-26)33-39(36,37)25-12-6-11-23(14-25)29(35)34-16-21(18-38-27)13-22-9-3-4-10-24(22)17-34;/h3-12,14-15,21H,13,16-18H2,1-2H3,(H,31,32,33);1H. The largest absolute Gasteiger partial charge is 0.477 e. The number of nitrogens with zero attached hydrogens (tertiary/aromatic N) is 3. The van der Waals surface area contributed by atoms with Gasteiger partial charge >= 0.3 is 0 Å². The van der Waals surface area contributed by atoms with Crippen molar-refractivity contribution < 1.29 is 19.4 Å². The van der Waals surface area contributed by atoms with E-state index in [-0.39, 0.29) is 30.0 Å². The van der Waals surface area contributed by atoms with E-state index >= 15 is 0 Å². The van der Waals surface area contributed by atoms with E-state index < -0.39 is 10.0 Å². The normalized spacial score (nSPS) is 18.2. The van der Waals surface area contributed by atoms with Gasteiger partial charge in [-0.05, 0) is 60.7 Å². The highest BCUT2D eigenvalue weighted by atomic mass is 32.2. The van der Waals surface area contributed by atoms with Crippen molar-refractivity contribution in [1.82, 2.24) is 14.9 Å². The first-order chi connectivity index (χ1) is 18.8. The molecule has 0 aliphatic carbocycles. The van der Waals surface area contributed by atoms with Gasteiger partial charge in [-0.2, -0.15) is 4.98 Å². The fourth-order valence-electron chi connectivity index (χ4n) is 5.39. The lowest BCUT2D eigenvalue weighted by Gasteiger charge is -2.25. The van der Waals surface area contributed by atoms with Crippen molar-refractivity contribution in [3.05, 3.63) is 101 Å². The van der Waals surface area contributed by atoms with Gasteiger partial charge in [0.05, 0.1) is 17.2 Å². The predicted molar refractivity (Wildman–Crippen MR) is 150 cm³/mol. The van der Waals surface area contributed by atoms with Crippen LogP contribution in [0.3, 0.4) is 0 Å². The Hall–Kier alpha value is -4.24. The monoisotopic (exact) mass is 542 g/mol. The average Bonchev–Trinajstić information content (AvgIpc) is 3.10. The van der Waals surface area contributed by atoms with Gasteiger partial charge in [0.25, 0.3) is 15.9 Å². The summed E-state index contributed by atoms with van der Waals surface area (Å²) in [6, 6.07) is 21.9. The van der Waals surface area contributed by atoms with Crippen LogP contribution in [-0.2, 0) is 23.0 Å². The maximum absolute atomic E-state index is 13.6. The van der Waals surface area contributed by atoms with Crippen LogP contribution in [0.2, 0.25) is 0 Å². The summed E-state index contributed by atoms with van der Waals surface area (Å²) >= 11 is 0. The number of carbonyl (C=O) groups is 1. The second-order valence-corrected chi connectivity index (χ2v) is 11.8. The third-order valence-electron chi connectivity index (χ3n) is 7.28. The third-order valence-corrected chi connectivity index (χ3v) is 8.60. The Morgan fingerprint density at radius 1 is 0.949 bits per heavy atom. The Morgan fingerprint density at radius 2 is 1.69 bits per heavy atom. The Kier molecular flexibility index (Phi) is 6.31. The number of anilines is 1. The number of nitrogens with one attached hydrogen (secondary N) is 1. The summed E-state index contributed by atoms with van der Waals surface area (Å²) in [6.07, 6.45) is 0.744. The molecule has 0 saturated heterocycles. The second-order valence-electron chi connectivity index (χ2n) is 10.2. The van der Waals surface area contributed by atoms with Crippen molar-refractivity contribution in [2.24, 2.45) is 5.92 Å². The van der Waals surface area contributed by atoms with E-state index in [1.54, 1.807) is 23.1 Å². The molecule has 3 aromatic carbocycles. The molecule has 0 radical (unpaired) electrons. The van der Waals surface area contributed by atoms with Gasteiger partial charge < -0.3 is 9.64 Å². The van der Waals surface area contributed by atoms with Gasteiger partial charge in [-0.15, -0.1) is 0 Å². The number of hydrogen-bond donors (Lipinski definition) is 1. The highest BCUT2D eigenvalue weighted by Crippen LogP contribution is 2.31. The minimum absolute atomic E-state index is 0. The summed E-state index contributed by atoms with van der Waals surface area (Å²) in [5, 5.41) is 0. The molecule has 0 saturated carbocycles. The van der Waals surface area contributed by atoms with Gasteiger partial charge in [-0.25, -0.2) is 18.1 Å². The number of ether oxygens (including phenoxy) is 1. The van der Waals surface area contributed by atoms with E-state index in [0.717, 1.165) is 28.7 Å². The van der Waals surface area contributed by atoms with Gasteiger partial charge in [-0.1, -0.05) is 48.5 Å². The number of amides is 1. The Morgan fingerprint density at radius 3 is 2.49 bits per heavy atom. The number of aryl methyl sites for hydroxylation is 2. The van der Waals surface area contributed by atoms with Crippen LogP contribution in [0.25, 0.3) is 11.3 Å². The summed E-state index contributed by atoms with van der Waals surface area (Å²) in [7, 11) is -4.09. The fourth-order valence-corrected chi connectivity index (χ4v) is 6.38. The lowest BCUT2D eigenvalue weighted by atomic mass is 9.98. The summed E-state index contributed by atoms with van der Waals surface area (Å²) in [4.78, 5) is 24.4. The van der Waals surface area contributed by atoms with Crippen LogP contribution >= 0.6 is 0 Å². The van der Waals surface area contributed by atoms with Crippen molar-refractivity contribution in [3.8, 4) is 17.1 Å². The molecule has 200 valence electrons. The summed E-state index contributed by atoms with van der Waals surface area (Å²) < 4.78 is 35.5. The van der Waals surface area contributed by atoms with Crippen molar-refractivity contribution in [1.29, 1.82) is 0 Å². The number of aromatic nitrogens is 2. The first-order valence-electron chi connectivity index (χ1n) is 12.8. The number of benzene rings is 3. The van der Waals surface area contributed by atoms with Gasteiger partial charge in [0.1, 0.15) is 0 Å². The Balaban J connectivity index is 0.00000323. The SMILES string of the molecule is Cc1cccc(C)c1-c1cc2nc(n1)NS(=O)(=O)c1cccc(c1)C(=O)N1Cc3ccccc3CC(CO2)C1.[HH]. The van der Waals surface area contributed by atoms with Crippen LogP contribution in [0.4, 0.5) is 5.95 Å². The van der Waals surface area contributed by atoms with Gasteiger partial charge in [0.2, 0.25) is 11.8 Å². The highest BCUT2D eigenvalue weighted by molar-refractivity contribution is 7.92. The molecule has 1 unspecified atom stereocenters. The topological polar surface area (TPSA) is 101 Å². The molecule has 6 rings (SSSR count). The Bertz CT molecular complexity index is 1690. The molecule has 1 atom stereocenters. The first kappa shape index (κ1) is 25.1. The zero-order valence-corrected chi connectivity index (χ0v) is 22.5. The highest BCUT2D eigenvalue weighted by Gasteiger charge is 2.28. The molecule has 1 aromatic heterocycles. The van der Waals surface area contributed by atoms with E-state index in [9.17, 15) is 13.2 Å². The van der Waals surface area contributed by atoms with E-state index in [1.807, 2.05) is 50.2 Å². The van der Waals surface area contributed by atoms with Crippen LogP contribution in [0.5, 0.6) is 5.88 Å². The smallest absolute Gasteiger partial charge is 0.264 e. The maximum Gasteiger partial charge on any atom is 0.264 e. The molecule has 39 heavy (non-hydrogen) atoms. The summed E-state index contributed by atoms with van der Waals surface area (Å²) in [5.41, 5.74) is 6.02. The zero-order valence-electron chi connectivity index (χ0n) is 21.7. The summed E-state index contributed by atoms with van der Waals surface area (Å²) in [5.74, 6) is -0.0475. The minimum Gasteiger partial charge on any atom is -0.477 e. The molecule has 2 aliphatic heterocycles. The van der Waals surface area contributed by atoms with E-state index in [4.69, 9.17) is 4.74 Å². The molecule has 8 nitrogen and oxygen atoms in total. The number of fused-ring (bicyclic) bond motifs is 7. The van der Waals surface area contributed by atoms with E-state index in [2.05, 4.69) is 20.8 Å². The molecular weight excluding hydrogens is 512 g/mol. The van der Waals surface area contributed by atoms with Gasteiger partial charge in [-0.3, -0.25) is 4.79 Å². The van der Waals surface area contributed by atoms with Crippen molar-refractivity contribution in [3.63, 3.8) is 0 Å². The molecule has 3 heterocycles. The van der Waals surface area contributed by atoms with Crippen molar-refractivity contribution in [2.75, 3.05) is 17.9 Å². The number of rotatable bonds is 1. The molecule has 2 aliphatic rings. The molecular formula is C30H30N4O4S. The van der Waals surface area contributed by atoms with Crippen LogP contribution in [-0.4, -0.2) is 42.3 Å². The van der Waals surface area contributed by atoms with Crippen LogP contribution in [0.1, 0.15) is 34.0 Å². The van der Waals surface area contributed by atoms with E-state index in [0.29, 0.717) is 31.0 Å². The zero-order chi connectivity index (χ0) is 27.1. The molecule has 1 amide bonds. The van der Waals surface area contributed by atoms with Crippen molar-refractivity contribution >= 4 is 21.9 Å². The predicted octanol–water partition coefficient (Wildman–Crippen LogP) is 5.01. The minimum atomic E-state index is -4.09. The first-order valence-corrected chi connectivity index (χ1v) is 14.3. The van der Waals surface area contributed by atoms with Crippen LogP contribution in [0.15, 0.2) is 77.7 Å². The molecule has 0 spiro atoms. The molecule has 6 bridgehead atoms. The Labute approximate surface area is 229 Å². The average molecular weight is 543 g/mol. The van der Waals surface area contributed by atoms with Crippen molar-refractivity contribution in [2.45, 2.75) is 31.7 Å². The van der Waals surface area contributed by atoms with Crippen LogP contribution < -0.4 is 9.46 Å². The molecule has 4 aromatic rings. The quantitative estimate of drug-likeness (QED) is 0.363. The van der Waals surface area contributed by atoms with Crippen LogP contribution in [0, 0.1) is 19.8 Å². The van der Waals surface area contributed by atoms with Gasteiger partial charge in [0, 0.05) is 37.6 Å². The molecule has 1 N–H and O–H groups in total. The number of hydrogen-bond acceptors (Lipinski definition) is 6.